The third kappa shape index (κ3) is 4.19. The largest absolute Gasteiger partial charge is 0.493 e. The average Bonchev–Trinajstić information content (AvgIpc) is 2.85. The van der Waals surface area contributed by atoms with Crippen LogP contribution in [0.4, 0.5) is 0 Å². The maximum absolute atomic E-state index is 12.8. The van der Waals surface area contributed by atoms with Gasteiger partial charge in [0, 0.05) is 5.56 Å². The first-order valence-corrected chi connectivity index (χ1v) is 9.23. The van der Waals surface area contributed by atoms with Crippen molar-refractivity contribution in [2.75, 3.05) is 14.2 Å². The number of benzene rings is 1. The Balaban J connectivity index is 2.39. The summed E-state index contributed by atoms with van der Waals surface area (Å²) in [5.74, 6) is -0.312. The highest BCUT2D eigenvalue weighted by Gasteiger charge is 2.40. The molecular formula is C18H21NO5S2. The van der Waals surface area contributed by atoms with E-state index in [0.717, 1.165) is 11.8 Å². The number of nitrogens with zero attached hydrogens (tertiary/aromatic N) is 1. The third-order valence-corrected chi connectivity index (χ3v) is 5.17. The number of carbonyl (C=O) groups excluding carboxylic acids is 1. The summed E-state index contributed by atoms with van der Waals surface area (Å²) in [4.78, 5) is 26.0. The number of carboxylic acids is 1. The Bertz CT molecular complexity index is 760. The van der Waals surface area contributed by atoms with Gasteiger partial charge in [-0.2, -0.15) is 0 Å². The molecule has 1 N–H and O–H groups in total. The maximum Gasteiger partial charge on any atom is 0.326 e. The number of carboxylic acid groups (broad SMARTS) is 1. The normalized spacial score (nSPS) is 17.1. The molecule has 1 saturated heterocycles. The van der Waals surface area contributed by atoms with E-state index in [2.05, 4.69) is 0 Å². The monoisotopic (exact) mass is 395 g/mol. The van der Waals surface area contributed by atoms with Crippen molar-refractivity contribution in [2.45, 2.75) is 26.3 Å². The van der Waals surface area contributed by atoms with Gasteiger partial charge in [-0.3, -0.25) is 9.69 Å². The number of thioether (sulfide) groups is 1. The number of rotatable bonds is 7. The van der Waals surface area contributed by atoms with Crippen LogP contribution in [-0.2, 0) is 9.59 Å². The summed E-state index contributed by atoms with van der Waals surface area (Å²) in [6, 6.07) is 4.36. The summed E-state index contributed by atoms with van der Waals surface area (Å²) in [5, 5.41) is 9.53. The van der Waals surface area contributed by atoms with Gasteiger partial charge in [0.15, 0.2) is 11.5 Å². The highest BCUT2D eigenvalue weighted by molar-refractivity contribution is 8.26. The van der Waals surface area contributed by atoms with Crippen molar-refractivity contribution in [1.82, 2.24) is 4.90 Å². The molecule has 0 aromatic heterocycles. The van der Waals surface area contributed by atoms with Crippen LogP contribution < -0.4 is 9.47 Å². The Labute approximate surface area is 162 Å². The standard InChI is InChI=1S/C18H21NO5S2/c1-10(2)8-12(17(21)22)19-16(20)14(26-18(19)25)9-11-6-5-7-13(23-3)15(11)24-4/h5-7,9-10,12H,8H2,1-4H3,(H,21,22)/b14-9-. The van der Waals surface area contributed by atoms with Crippen LogP contribution in [0.5, 0.6) is 11.5 Å². The lowest BCUT2D eigenvalue weighted by Gasteiger charge is -2.24. The molecule has 1 aromatic carbocycles. The Kier molecular flexibility index (Phi) is 6.66. The molecule has 140 valence electrons. The molecule has 1 heterocycles. The second-order valence-corrected chi connectivity index (χ2v) is 7.79. The Hall–Kier alpha value is -2.06. The zero-order valence-electron chi connectivity index (χ0n) is 15.0. The minimum absolute atomic E-state index is 0.114. The van der Waals surface area contributed by atoms with E-state index in [-0.39, 0.29) is 10.2 Å². The van der Waals surface area contributed by atoms with Crippen LogP contribution in [0, 0.1) is 5.92 Å². The van der Waals surface area contributed by atoms with Crippen molar-refractivity contribution >= 4 is 46.3 Å². The van der Waals surface area contributed by atoms with Gasteiger partial charge in [0.2, 0.25) is 0 Å². The van der Waals surface area contributed by atoms with E-state index in [1.54, 1.807) is 24.3 Å². The predicted molar refractivity (Wildman–Crippen MR) is 105 cm³/mol. The molecule has 1 amide bonds. The second-order valence-electron chi connectivity index (χ2n) is 6.12. The van der Waals surface area contributed by atoms with Crippen molar-refractivity contribution in [2.24, 2.45) is 5.92 Å². The number of thiocarbonyl (C=S) groups is 1. The minimum atomic E-state index is -1.06. The van der Waals surface area contributed by atoms with E-state index < -0.39 is 17.9 Å². The quantitative estimate of drug-likeness (QED) is 0.560. The molecule has 0 radical (unpaired) electrons. The van der Waals surface area contributed by atoms with Gasteiger partial charge in [-0.25, -0.2) is 4.79 Å². The van der Waals surface area contributed by atoms with E-state index >= 15 is 0 Å². The summed E-state index contributed by atoms with van der Waals surface area (Å²) in [7, 11) is 3.05. The topological polar surface area (TPSA) is 76.1 Å². The van der Waals surface area contributed by atoms with Crippen LogP contribution in [0.15, 0.2) is 23.1 Å². The summed E-state index contributed by atoms with van der Waals surface area (Å²) in [6.45, 7) is 3.81. The zero-order chi connectivity index (χ0) is 19.4. The molecule has 8 heteroatoms. The molecule has 0 saturated carbocycles. The average molecular weight is 396 g/mol. The van der Waals surface area contributed by atoms with Gasteiger partial charge in [0.25, 0.3) is 5.91 Å². The predicted octanol–water partition coefficient (Wildman–Crippen LogP) is 3.40. The number of carbonyl (C=O) groups is 2. The van der Waals surface area contributed by atoms with Crippen molar-refractivity contribution in [3.8, 4) is 11.5 Å². The lowest BCUT2D eigenvalue weighted by atomic mass is 10.0. The van der Waals surface area contributed by atoms with E-state index in [1.165, 1.54) is 19.1 Å². The summed E-state index contributed by atoms with van der Waals surface area (Å²) >= 11 is 6.37. The molecule has 1 fully saturated rings. The Morgan fingerprint density at radius 1 is 1.35 bits per heavy atom. The van der Waals surface area contributed by atoms with E-state index in [1.807, 2.05) is 13.8 Å². The fraction of sp³-hybridized carbons (Fsp3) is 0.389. The smallest absolute Gasteiger partial charge is 0.326 e. The molecular weight excluding hydrogens is 374 g/mol. The fourth-order valence-electron chi connectivity index (χ4n) is 2.68. The van der Waals surface area contributed by atoms with Crippen molar-refractivity contribution in [3.63, 3.8) is 0 Å². The van der Waals surface area contributed by atoms with Gasteiger partial charge >= 0.3 is 5.97 Å². The van der Waals surface area contributed by atoms with Crippen LogP contribution in [0.2, 0.25) is 0 Å². The number of methoxy groups -OCH3 is 2. The molecule has 1 atom stereocenters. The Morgan fingerprint density at radius 2 is 2.04 bits per heavy atom. The second kappa shape index (κ2) is 8.55. The van der Waals surface area contributed by atoms with E-state index in [4.69, 9.17) is 21.7 Å². The highest BCUT2D eigenvalue weighted by atomic mass is 32.2. The summed E-state index contributed by atoms with van der Waals surface area (Å²) in [5.41, 5.74) is 0.656. The molecule has 0 spiro atoms. The van der Waals surface area contributed by atoms with Gasteiger partial charge in [-0.1, -0.05) is 50.0 Å². The van der Waals surface area contributed by atoms with Crippen LogP contribution in [-0.4, -0.2) is 46.5 Å². The molecule has 1 unspecified atom stereocenters. The molecule has 1 aromatic rings. The lowest BCUT2D eigenvalue weighted by Crippen LogP contribution is -2.44. The van der Waals surface area contributed by atoms with Gasteiger partial charge < -0.3 is 14.6 Å². The number of aliphatic carboxylic acids is 1. The SMILES string of the molecule is COc1cccc(/C=C2\SC(=S)N(C(CC(C)C)C(=O)O)C2=O)c1OC. The fourth-order valence-corrected chi connectivity index (χ4v) is 4.03. The van der Waals surface area contributed by atoms with Gasteiger partial charge in [-0.15, -0.1) is 0 Å². The van der Waals surface area contributed by atoms with Crippen LogP contribution in [0.3, 0.4) is 0 Å². The highest BCUT2D eigenvalue weighted by Crippen LogP contribution is 2.38. The molecule has 26 heavy (non-hydrogen) atoms. The van der Waals surface area contributed by atoms with Crippen molar-refractivity contribution < 1.29 is 24.2 Å². The van der Waals surface area contributed by atoms with Gasteiger partial charge in [0.1, 0.15) is 10.4 Å². The van der Waals surface area contributed by atoms with Gasteiger partial charge in [0.05, 0.1) is 19.1 Å². The minimum Gasteiger partial charge on any atom is -0.493 e. The number of hydrogen-bond acceptors (Lipinski definition) is 6. The molecule has 6 nitrogen and oxygen atoms in total. The summed E-state index contributed by atoms with van der Waals surface area (Å²) < 4.78 is 10.9. The van der Waals surface area contributed by atoms with E-state index in [0.29, 0.717) is 28.4 Å². The third-order valence-electron chi connectivity index (χ3n) is 3.83. The first-order valence-electron chi connectivity index (χ1n) is 8.01. The molecule has 0 aliphatic carbocycles. The van der Waals surface area contributed by atoms with Crippen molar-refractivity contribution in [3.05, 3.63) is 28.7 Å². The zero-order valence-corrected chi connectivity index (χ0v) is 16.6. The number of ether oxygens (including phenoxy) is 2. The molecule has 0 bridgehead atoms. The number of hydrogen-bond donors (Lipinski definition) is 1. The summed E-state index contributed by atoms with van der Waals surface area (Å²) in [6.07, 6.45) is 1.98. The lowest BCUT2D eigenvalue weighted by molar-refractivity contribution is -0.145. The molecule has 2 rings (SSSR count). The van der Waals surface area contributed by atoms with Crippen LogP contribution >= 0.6 is 24.0 Å². The first kappa shape index (κ1) is 20.3. The van der Waals surface area contributed by atoms with Gasteiger partial charge in [-0.05, 0) is 24.5 Å². The van der Waals surface area contributed by atoms with Crippen molar-refractivity contribution in [1.29, 1.82) is 0 Å². The molecule has 1 aliphatic heterocycles. The Morgan fingerprint density at radius 3 is 2.58 bits per heavy atom. The number of amides is 1. The van der Waals surface area contributed by atoms with Crippen LogP contribution in [0.25, 0.3) is 6.08 Å². The number of para-hydroxylation sites is 1. The molecule has 1 aliphatic rings. The van der Waals surface area contributed by atoms with Crippen LogP contribution in [0.1, 0.15) is 25.8 Å². The van der Waals surface area contributed by atoms with E-state index in [9.17, 15) is 14.7 Å². The maximum atomic E-state index is 12.8. The first-order chi connectivity index (χ1) is 12.3.